The van der Waals surface area contributed by atoms with Crippen molar-refractivity contribution in [2.75, 3.05) is 0 Å². The lowest BCUT2D eigenvalue weighted by Gasteiger charge is -2.30. The summed E-state index contributed by atoms with van der Waals surface area (Å²) in [5.74, 6) is 0. The molecule has 0 N–H and O–H groups in total. The minimum Gasteiger partial charge on any atom is -0.348 e. The molecule has 0 saturated carbocycles. The number of fused-ring (bicyclic) bond motifs is 12. The highest BCUT2D eigenvalue weighted by atomic mass is 15.0. The number of benzene rings is 7. The molecule has 0 aliphatic heterocycles. The zero-order valence-corrected chi connectivity index (χ0v) is 26.8. The summed E-state index contributed by atoms with van der Waals surface area (Å²) in [6.45, 7) is 4.40. The number of aryl methyl sites for hydroxylation is 2. The van der Waals surface area contributed by atoms with Crippen molar-refractivity contribution in [3.63, 3.8) is 0 Å². The van der Waals surface area contributed by atoms with E-state index in [0.717, 1.165) is 0 Å². The van der Waals surface area contributed by atoms with E-state index in [1.165, 1.54) is 99.7 Å². The largest absolute Gasteiger partial charge is 0.348 e. The molecule has 7 aromatic carbocycles. The fourth-order valence-electron chi connectivity index (χ4n) is 9.07. The molecule has 0 amide bonds. The highest BCUT2D eigenvalue weighted by Crippen LogP contribution is 2.64. The third-order valence-corrected chi connectivity index (χ3v) is 11.1. The Morgan fingerprint density at radius 1 is 0.426 bits per heavy atom. The van der Waals surface area contributed by atoms with Gasteiger partial charge in [-0.3, -0.25) is 0 Å². The molecule has 1 nitrogen and oxygen atoms in total. The highest BCUT2D eigenvalue weighted by Gasteiger charge is 2.53. The lowest BCUT2D eigenvalue weighted by atomic mass is 9.70. The molecule has 0 fully saturated rings. The third kappa shape index (κ3) is 3.29. The zero-order valence-electron chi connectivity index (χ0n) is 26.8. The molecule has 1 unspecified atom stereocenters. The van der Waals surface area contributed by atoms with Gasteiger partial charge in [-0.15, -0.1) is 0 Å². The standard InChI is InChI=1S/C46H33N/c1-28-23-25-30(26-24-28)42-31-13-4-6-15-33(31)43(34-16-7-5-14-32(34)42)37-19-12-22-40-44(37)35-17-8-10-20-38(35)46(40)39-21-11-9-18-36(39)45-41(46)27-29(2)47(45)3/h4-27H,1-3H3. The van der Waals surface area contributed by atoms with E-state index in [4.69, 9.17) is 0 Å². The number of nitrogens with zero attached hydrogens (tertiary/aromatic N) is 1. The molecule has 222 valence electrons. The van der Waals surface area contributed by atoms with Crippen LogP contribution in [0.4, 0.5) is 0 Å². The number of rotatable bonds is 2. The molecule has 1 heteroatoms. The van der Waals surface area contributed by atoms with E-state index in [0.29, 0.717) is 0 Å². The minimum absolute atomic E-state index is 0.368. The first-order valence-electron chi connectivity index (χ1n) is 16.6. The highest BCUT2D eigenvalue weighted by molar-refractivity contribution is 6.23. The van der Waals surface area contributed by atoms with Crippen LogP contribution in [-0.2, 0) is 12.5 Å². The molecular formula is C46H33N. The van der Waals surface area contributed by atoms with Crippen LogP contribution in [0.3, 0.4) is 0 Å². The first kappa shape index (κ1) is 26.5. The van der Waals surface area contributed by atoms with Gasteiger partial charge in [-0.25, -0.2) is 0 Å². The Labute approximate surface area is 275 Å². The van der Waals surface area contributed by atoms with E-state index < -0.39 is 0 Å². The maximum Gasteiger partial charge on any atom is 0.0741 e. The summed E-state index contributed by atoms with van der Waals surface area (Å²) < 4.78 is 2.39. The minimum atomic E-state index is -0.368. The van der Waals surface area contributed by atoms with Crippen LogP contribution in [0.15, 0.2) is 146 Å². The molecule has 10 rings (SSSR count). The van der Waals surface area contributed by atoms with Crippen LogP contribution in [-0.4, -0.2) is 4.57 Å². The smallest absolute Gasteiger partial charge is 0.0741 e. The summed E-state index contributed by atoms with van der Waals surface area (Å²) in [6.07, 6.45) is 0. The average Bonchev–Trinajstić information content (AvgIpc) is 3.69. The maximum absolute atomic E-state index is 2.44. The van der Waals surface area contributed by atoms with E-state index in [1.54, 1.807) is 0 Å². The quantitative estimate of drug-likeness (QED) is 0.174. The van der Waals surface area contributed by atoms with Crippen molar-refractivity contribution < 1.29 is 0 Å². The van der Waals surface area contributed by atoms with Crippen molar-refractivity contribution in [1.29, 1.82) is 0 Å². The van der Waals surface area contributed by atoms with Gasteiger partial charge >= 0.3 is 0 Å². The van der Waals surface area contributed by atoms with Crippen LogP contribution >= 0.6 is 0 Å². The van der Waals surface area contributed by atoms with Crippen LogP contribution in [0.1, 0.15) is 33.5 Å². The molecule has 1 heterocycles. The second-order valence-corrected chi connectivity index (χ2v) is 13.4. The van der Waals surface area contributed by atoms with E-state index >= 15 is 0 Å². The van der Waals surface area contributed by atoms with Gasteiger partial charge < -0.3 is 4.57 Å². The fourth-order valence-corrected chi connectivity index (χ4v) is 9.07. The molecule has 2 aliphatic rings. The monoisotopic (exact) mass is 599 g/mol. The Hall–Kier alpha value is -5.66. The molecule has 47 heavy (non-hydrogen) atoms. The Kier molecular flexibility index (Phi) is 5.33. The summed E-state index contributed by atoms with van der Waals surface area (Å²) in [5, 5.41) is 5.15. The van der Waals surface area contributed by atoms with Crippen molar-refractivity contribution in [3.05, 3.63) is 179 Å². The van der Waals surface area contributed by atoms with Gasteiger partial charge in [0.2, 0.25) is 0 Å². The normalized spacial score (nSPS) is 15.6. The van der Waals surface area contributed by atoms with Crippen molar-refractivity contribution in [2.24, 2.45) is 7.05 Å². The Morgan fingerprint density at radius 2 is 0.936 bits per heavy atom. The van der Waals surface area contributed by atoms with Crippen molar-refractivity contribution >= 4 is 21.5 Å². The van der Waals surface area contributed by atoms with E-state index in [2.05, 4.69) is 171 Å². The van der Waals surface area contributed by atoms with Gasteiger partial charge in [-0.1, -0.05) is 145 Å². The Morgan fingerprint density at radius 3 is 1.60 bits per heavy atom. The molecule has 0 radical (unpaired) electrons. The van der Waals surface area contributed by atoms with Gasteiger partial charge in [-0.2, -0.15) is 0 Å². The fraction of sp³-hybridized carbons (Fsp3) is 0.0870. The van der Waals surface area contributed by atoms with Gasteiger partial charge in [0, 0.05) is 18.3 Å². The van der Waals surface area contributed by atoms with Crippen LogP contribution in [0.5, 0.6) is 0 Å². The van der Waals surface area contributed by atoms with Crippen LogP contribution < -0.4 is 0 Å². The summed E-state index contributed by atoms with van der Waals surface area (Å²) in [5.41, 5.74) is 18.3. The molecule has 2 aliphatic carbocycles. The van der Waals surface area contributed by atoms with E-state index in [1.807, 2.05) is 0 Å². The van der Waals surface area contributed by atoms with Crippen LogP contribution in [0.2, 0.25) is 0 Å². The third-order valence-electron chi connectivity index (χ3n) is 11.1. The molecule has 1 atom stereocenters. The Bertz CT molecular complexity index is 2540. The number of hydrogen-bond acceptors (Lipinski definition) is 0. The molecule has 1 aromatic heterocycles. The zero-order chi connectivity index (χ0) is 31.4. The van der Waals surface area contributed by atoms with Gasteiger partial charge in [-0.05, 0) is 97.1 Å². The van der Waals surface area contributed by atoms with Crippen molar-refractivity contribution in [1.82, 2.24) is 4.57 Å². The molecular weight excluding hydrogens is 567 g/mol. The second-order valence-electron chi connectivity index (χ2n) is 13.4. The van der Waals surface area contributed by atoms with E-state index in [-0.39, 0.29) is 5.41 Å². The SMILES string of the molecule is Cc1ccc(-c2c3ccccc3c(-c3cccc4c3-c3ccccc3C43c4ccccc4-c4c3cc(C)n4C)c3ccccc23)cc1. The van der Waals surface area contributed by atoms with Crippen LogP contribution in [0.25, 0.3) is 66.2 Å². The molecule has 0 saturated heterocycles. The van der Waals surface area contributed by atoms with Gasteiger partial charge in [0.25, 0.3) is 0 Å². The van der Waals surface area contributed by atoms with Crippen molar-refractivity contribution in [2.45, 2.75) is 19.3 Å². The second kappa shape index (κ2) is 9.44. The van der Waals surface area contributed by atoms with Gasteiger partial charge in [0.15, 0.2) is 0 Å². The topological polar surface area (TPSA) is 4.93 Å². The average molecular weight is 600 g/mol. The summed E-state index contributed by atoms with van der Waals surface area (Å²) in [7, 11) is 2.22. The van der Waals surface area contributed by atoms with Crippen molar-refractivity contribution in [3.8, 4) is 44.6 Å². The molecule has 8 aromatic rings. The summed E-state index contributed by atoms with van der Waals surface area (Å²) in [6, 6.07) is 54.8. The van der Waals surface area contributed by atoms with Gasteiger partial charge in [0.05, 0.1) is 11.1 Å². The molecule has 1 spiro atoms. The predicted molar refractivity (Wildman–Crippen MR) is 197 cm³/mol. The lowest BCUT2D eigenvalue weighted by molar-refractivity contribution is 0.794. The molecule has 0 bridgehead atoms. The number of hydrogen-bond donors (Lipinski definition) is 0. The predicted octanol–water partition coefficient (Wildman–Crippen LogP) is 11.6. The Balaban J connectivity index is 1.37. The maximum atomic E-state index is 2.44. The summed E-state index contributed by atoms with van der Waals surface area (Å²) >= 11 is 0. The first-order valence-corrected chi connectivity index (χ1v) is 16.6. The van der Waals surface area contributed by atoms with E-state index in [9.17, 15) is 0 Å². The number of aromatic nitrogens is 1. The first-order chi connectivity index (χ1) is 23.1. The summed E-state index contributed by atoms with van der Waals surface area (Å²) in [4.78, 5) is 0. The van der Waals surface area contributed by atoms with Gasteiger partial charge in [0.1, 0.15) is 0 Å². The van der Waals surface area contributed by atoms with Crippen LogP contribution in [0, 0.1) is 13.8 Å². The lowest BCUT2D eigenvalue weighted by Crippen LogP contribution is -2.25.